The van der Waals surface area contributed by atoms with Crippen LogP contribution in [-0.4, -0.2) is 25.2 Å². The fourth-order valence-electron chi connectivity index (χ4n) is 0.718. The normalized spacial score (nSPS) is 8.22. The Morgan fingerprint density at radius 2 is 1.78 bits per heavy atom. The van der Waals surface area contributed by atoms with E-state index in [1.807, 2.05) is 44.4 Å². The summed E-state index contributed by atoms with van der Waals surface area (Å²) in [5.41, 5.74) is 1.44. The summed E-state index contributed by atoms with van der Waals surface area (Å²) in [4.78, 5) is 9.83. The van der Waals surface area contributed by atoms with Crippen molar-refractivity contribution in [3.63, 3.8) is 0 Å². The Balaban J connectivity index is 0. The van der Waals surface area contributed by atoms with Crippen molar-refractivity contribution in [1.29, 1.82) is 0 Å². The second-order valence-electron chi connectivity index (χ2n) is 3.38. The van der Waals surface area contributed by atoms with E-state index in [1.54, 1.807) is 6.92 Å². The average Bonchev–Trinajstić information content (AvgIpc) is 2.40. The van der Waals surface area contributed by atoms with E-state index in [9.17, 15) is 4.79 Å². The summed E-state index contributed by atoms with van der Waals surface area (Å²) in [7, 11) is 3.75. The first kappa shape index (κ1) is 19.0. The number of benzene rings is 1. The van der Waals surface area contributed by atoms with E-state index in [4.69, 9.17) is 16.7 Å². The predicted octanol–water partition coefficient (Wildman–Crippen LogP) is 3.30. The molecule has 18 heavy (non-hydrogen) atoms. The molecule has 0 aliphatic rings. The third-order valence-electron chi connectivity index (χ3n) is 1.73. The topological polar surface area (TPSA) is 49.3 Å². The highest BCUT2D eigenvalue weighted by molar-refractivity contribution is 6.17. The molecule has 0 radical (unpaired) electrons. The number of hydrogen-bond donors (Lipinski definition) is 2. The van der Waals surface area contributed by atoms with E-state index in [2.05, 4.69) is 11.9 Å². The number of halogens is 1. The van der Waals surface area contributed by atoms with Gasteiger partial charge in [0.15, 0.2) is 0 Å². The molecule has 0 saturated carbocycles. The van der Waals surface area contributed by atoms with E-state index in [0.29, 0.717) is 12.3 Å². The number of nitrogens with one attached hydrogen (secondary N) is 1. The maximum Gasteiger partial charge on any atom is 0.330 e. The number of alkyl halides is 1. The zero-order valence-electron chi connectivity index (χ0n) is 11.2. The molecule has 0 fully saturated rings. The van der Waals surface area contributed by atoms with Crippen molar-refractivity contribution >= 4 is 17.6 Å². The fraction of sp³-hybridized carbons (Fsp3) is 0.357. The highest BCUT2D eigenvalue weighted by Gasteiger charge is 1.96. The molecule has 102 valence electrons. The minimum absolute atomic E-state index is 0.264. The van der Waals surface area contributed by atoms with Crippen molar-refractivity contribution in [2.45, 2.75) is 19.2 Å². The summed E-state index contributed by atoms with van der Waals surface area (Å²) in [5, 5.41) is 10.8. The van der Waals surface area contributed by atoms with Crippen LogP contribution in [0.1, 0.15) is 18.9 Å². The van der Waals surface area contributed by atoms with Gasteiger partial charge in [0.2, 0.25) is 0 Å². The minimum atomic E-state index is -0.900. The van der Waals surface area contributed by atoms with Crippen molar-refractivity contribution in [3.05, 3.63) is 48.0 Å². The largest absolute Gasteiger partial charge is 0.478 e. The molecule has 0 aromatic heterocycles. The van der Waals surface area contributed by atoms with Crippen LogP contribution in [0, 0.1) is 0 Å². The average molecular weight is 272 g/mol. The Morgan fingerprint density at radius 1 is 1.33 bits per heavy atom. The van der Waals surface area contributed by atoms with Gasteiger partial charge in [-0.05, 0) is 26.1 Å². The second-order valence-corrected chi connectivity index (χ2v) is 3.65. The van der Waals surface area contributed by atoms with Crippen molar-refractivity contribution in [1.82, 2.24) is 5.32 Å². The van der Waals surface area contributed by atoms with Crippen molar-refractivity contribution in [3.8, 4) is 0 Å². The van der Waals surface area contributed by atoms with Crippen molar-refractivity contribution in [2.24, 2.45) is 0 Å². The van der Waals surface area contributed by atoms with Crippen LogP contribution in [0.5, 0.6) is 0 Å². The molecule has 4 heteroatoms. The Hall–Kier alpha value is -1.32. The Bertz CT molecular complexity index is 326. The zero-order chi connectivity index (χ0) is 14.4. The Labute approximate surface area is 114 Å². The maximum atomic E-state index is 9.83. The van der Waals surface area contributed by atoms with Crippen LogP contribution in [0.15, 0.2) is 42.5 Å². The lowest BCUT2D eigenvalue weighted by molar-refractivity contribution is -0.132. The van der Waals surface area contributed by atoms with E-state index in [0.717, 1.165) is 0 Å². The lowest BCUT2D eigenvalue weighted by Crippen LogP contribution is -1.95. The SMILES string of the molecule is C=C(CC)C(=O)O.CNC.ClCc1ccccc1. The van der Waals surface area contributed by atoms with Gasteiger partial charge in [-0.1, -0.05) is 43.8 Å². The van der Waals surface area contributed by atoms with Gasteiger partial charge >= 0.3 is 5.97 Å². The molecule has 0 bridgehead atoms. The predicted molar refractivity (Wildman–Crippen MR) is 78.0 cm³/mol. The van der Waals surface area contributed by atoms with Crippen molar-refractivity contribution < 1.29 is 9.90 Å². The molecule has 2 N–H and O–H groups in total. The second kappa shape index (κ2) is 13.7. The third-order valence-corrected chi connectivity index (χ3v) is 2.03. The molecule has 0 saturated heterocycles. The van der Waals surface area contributed by atoms with Gasteiger partial charge in [-0.3, -0.25) is 0 Å². The van der Waals surface area contributed by atoms with Crippen LogP contribution in [-0.2, 0) is 10.7 Å². The number of carbonyl (C=O) groups is 1. The van der Waals surface area contributed by atoms with Crippen LogP contribution in [0.4, 0.5) is 0 Å². The highest BCUT2D eigenvalue weighted by Crippen LogP contribution is 2.00. The molecule has 0 heterocycles. The molecule has 0 unspecified atom stereocenters. The maximum absolute atomic E-state index is 9.83. The number of carboxylic acid groups (broad SMARTS) is 1. The van der Waals surface area contributed by atoms with Crippen LogP contribution < -0.4 is 5.32 Å². The van der Waals surface area contributed by atoms with Gasteiger partial charge in [0, 0.05) is 11.5 Å². The molecule has 0 atom stereocenters. The van der Waals surface area contributed by atoms with Gasteiger partial charge < -0.3 is 10.4 Å². The van der Waals surface area contributed by atoms with Gasteiger partial charge in [-0.15, -0.1) is 11.6 Å². The molecule has 1 rings (SSSR count). The summed E-state index contributed by atoms with van der Waals surface area (Å²) in [6.07, 6.45) is 0.523. The summed E-state index contributed by atoms with van der Waals surface area (Å²) in [5.74, 6) is -0.289. The zero-order valence-corrected chi connectivity index (χ0v) is 12.0. The summed E-state index contributed by atoms with van der Waals surface area (Å²) < 4.78 is 0. The quantitative estimate of drug-likeness (QED) is 0.655. The van der Waals surface area contributed by atoms with Gasteiger partial charge in [-0.2, -0.15) is 0 Å². The summed E-state index contributed by atoms with van der Waals surface area (Å²) >= 11 is 5.53. The molecule has 3 nitrogen and oxygen atoms in total. The Kier molecular flexibility index (Phi) is 14.5. The van der Waals surface area contributed by atoms with Crippen LogP contribution >= 0.6 is 11.6 Å². The van der Waals surface area contributed by atoms with E-state index >= 15 is 0 Å². The van der Waals surface area contributed by atoms with Gasteiger partial charge in [-0.25, -0.2) is 4.79 Å². The number of rotatable bonds is 3. The van der Waals surface area contributed by atoms with E-state index in [-0.39, 0.29) is 5.57 Å². The molecule has 0 spiro atoms. The number of hydrogen-bond acceptors (Lipinski definition) is 2. The lowest BCUT2D eigenvalue weighted by Gasteiger charge is -1.88. The lowest BCUT2D eigenvalue weighted by atomic mass is 10.2. The standard InChI is InChI=1S/C7H7Cl.C5H8O2.C2H7N/c8-6-7-4-2-1-3-5-7;1-3-4(2)5(6)7;1-3-2/h1-5H,6H2;2-3H2,1H3,(H,6,7);3H,1-2H3. The van der Waals surface area contributed by atoms with Crippen molar-refractivity contribution in [2.75, 3.05) is 14.1 Å². The molecule has 0 amide bonds. The molecular weight excluding hydrogens is 250 g/mol. The molecular formula is C14H22ClNO2. The summed E-state index contributed by atoms with van der Waals surface area (Å²) in [6, 6.07) is 9.96. The van der Waals surface area contributed by atoms with Crippen LogP contribution in [0.3, 0.4) is 0 Å². The first-order chi connectivity index (χ1) is 8.53. The first-order valence-electron chi connectivity index (χ1n) is 5.62. The monoisotopic (exact) mass is 271 g/mol. The molecule has 1 aromatic carbocycles. The number of carboxylic acids is 1. The van der Waals surface area contributed by atoms with E-state index < -0.39 is 5.97 Å². The highest BCUT2D eigenvalue weighted by atomic mass is 35.5. The van der Waals surface area contributed by atoms with Gasteiger partial charge in [0.05, 0.1) is 0 Å². The van der Waals surface area contributed by atoms with Crippen LogP contribution in [0.25, 0.3) is 0 Å². The van der Waals surface area contributed by atoms with E-state index in [1.165, 1.54) is 5.56 Å². The Morgan fingerprint density at radius 3 is 1.94 bits per heavy atom. The smallest absolute Gasteiger partial charge is 0.330 e. The molecule has 1 aromatic rings. The molecule has 0 aliphatic carbocycles. The number of aliphatic carboxylic acids is 1. The van der Waals surface area contributed by atoms with Gasteiger partial charge in [0.25, 0.3) is 0 Å². The van der Waals surface area contributed by atoms with Crippen LogP contribution in [0.2, 0.25) is 0 Å². The minimum Gasteiger partial charge on any atom is -0.478 e. The fourth-order valence-corrected chi connectivity index (χ4v) is 0.896. The first-order valence-corrected chi connectivity index (χ1v) is 6.16. The summed E-state index contributed by atoms with van der Waals surface area (Å²) in [6.45, 7) is 5.03. The molecule has 0 aliphatic heterocycles. The van der Waals surface area contributed by atoms with Gasteiger partial charge in [0.1, 0.15) is 0 Å². The third kappa shape index (κ3) is 12.7.